The van der Waals surface area contributed by atoms with Crippen molar-refractivity contribution < 1.29 is 4.74 Å². The summed E-state index contributed by atoms with van der Waals surface area (Å²) >= 11 is 0. The highest BCUT2D eigenvalue weighted by atomic mass is 16.5. The second kappa shape index (κ2) is 4.66. The van der Waals surface area contributed by atoms with Crippen LogP contribution in [0.1, 0.15) is 47.0 Å². The minimum absolute atomic E-state index is 0.471. The third-order valence-electron chi connectivity index (χ3n) is 4.43. The van der Waals surface area contributed by atoms with E-state index in [0.717, 1.165) is 12.5 Å². The lowest BCUT2D eigenvalue weighted by Gasteiger charge is -2.32. The van der Waals surface area contributed by atoms with E-state index >= 15 is 0 Å². The van der Waals surface area contributed by atoms with Crippen LogP contribution in [0, 0.1) is 17.3 Å². The first-order chi connectivity index (χ1) is 7.49. The van der Waals surface area contributed by atoms with Crippen molar-refractivity contribution in [1.29, 1.82) is 0 Å². The topological polar surface area (TPSA) is 21.3 Å². The summed E-state index contributed by atoms with van der Waals surface area (Å²) in [6.07, 6.45) is 4.26. The molecule has 1 saturated heterocycles. The molecule has 2 aliphatic rings. The highest BCUT2D eigenvalue weighted by Gasteiger charge is 2.45. The monoisotopic (exact) mass is 225 g/mol. The summed E-state index contributed by atoms with van der Waals surface area (Å²) in [4.78, 5) is 0. The van der Waals surface area contributed by atoms with Gasteiger partial charge in [-0.3, -0.25) is 0 Å². The summed E-state index contributed by atoms with van der Waals surface area (Å²) in [6, 6.07) is 0.692. The zero-order valence-corrected chi connectivity index (χ0v) is 11.3. The summed E-state index contributed by atoms with van der Waals surface area (Å²) in [5.74, 6) is 1.56. The quantitative estimate of drug-likeness (QED) is 0.794. The van der Waals surface area contributed by atoms with Gasteiger partial charge in [0, 0.05) is 12.6 Å². The van der Waals surface area contributed by atoms with Gasteiger partial charge >= 0.3 is 0 Å². The van der Waals surface area contributed by atoms with E-state index < -0.39 is 0 Å². The fourth-order valence-corrected chi connectivity index (χ4v) is 2.71. The molecule has 1 aliphatic carbocycles. The van der Waals surface area contributed by atoms with Crippen molar-refractivity contribution in [3.8, 4) is 0 Å². The molecule has 0 bridgehead atoms. The third-order valence-corrected chi connectivity index (χ3v) is 4.43. The Morgan fingerprint density at radius 2 is 2.06 bits per heavy atom. The molecule has 1 aliphatic heterocycles. The molecule has 0 aromatic rings. The standard InChI is InChI=1S/C14H27NO/c1-10(2)13-7-12(5-6-16-13)15-9-11-8-14(11,3)4/h10-13,15H,5-9H2,1-4H3. The van der Waals surface area contributed by atoms with Gasteiger partial charge in [0.2, 0.25) is 0 Å². The Hall–Kier alpha value is -0.0800. The van der Waals surface area contributed by atoms with Gasteiger partial charge in [0.1, 0.15) is 0 Å². The van der Waals surface area contributed by atoms with Crippen LogP contribution in [0.4, 0.5) is 0 Å². The zero-order valence-electron chi connectivity index (χ0n) is 11.3. The van der Waals surface area contributed by atoms with Crippen molar-refractivity contribution in [3.63, 3.8) is 0 Å². The average molecular weight is 225 g/mol. The van der Waals surface area contributed by atoms with Gasteiger partial charge in [-0.15, -0.1) is 0 Å². The van der Waals surface area contributed by atoms with Crippen molar-refractivity contribution in [2.75, 3.05) is 13.2 Å². The molecule has 1 heterocycles. The van der Waals surface area contributed by atoms with Gasteiger partial charge in [-0.25, -0.2) is 0 Å². The first kappa shape index (κ1) is 12.4. The van der Waals surface area contributed by atoms with Crippen LogP contribution in [0.5, 0.6) is 0 Å². The first-order valence-electron chi connectivity index (χ1n) is 6.84. The van der Waals surface area contributed by atoms with E-state index in [9.17, 15) is 0 Å². The summed E-state index contributed by atoms with van der Waals surface area (Å²) in [6.45, 7) is 11.4. The molecule has 1 N–H and O–H groups in total. The molecule has 3 atom stereocenters. The van der Waals surface area contributed by atoms with E-state index in [4.69, 9.17) is 4.74 Å². The molecular formula is C14H27NO. The lowest BCUT2D eigenvalue weighted by atomic mass is 9.95. The Kier molecular flexibility index (Phi) is 3.60. The minimum Gasteiger partial charge on any atom is -0.378 e. The smallest absolute Gasteiger partial charge is 0.0612 e. The van der Waals surface area contributed by atoms with E-state index in [2.05, 4.69) is 33.0 Å². The van der Waals surface area contributed by atoms with E-state index in [-0.39, 0.29) is 0 Å². The molecule has 94 valence electrons. The maximum absolute atomic E-state index is 5.79. The molecule has 2 rings (SSSR count). The van der Waals surface area contributed by atoms with Gasteiger partial charge in [-0.1, -0.05) is 27.7 Å². The van der Waals surface area contributed by atoms with Crippen LogP contribution in [0.2, 0.25) is 0 Å². The van der Waals surface area contributed by atoms with Crippen LogP contribution in [0.15, 0.2) is 0 Å². The zero-order chi connectivity index (χ0) is 11.8. The molecule has 0 aromatic carbocycles. The van der Waals surface area contributed by atoms with Crippen LogP contribution >= 0.6 is 0 Å². The highest BCUT2D eigenvalue weighted by molar-refractivity contribution is 4.96. The molecule has 1 saturated carbocycles. The van der Waals surface area contributed by atoms with Gasteiger partial charge in [0.15, 0.2) is 0 Å². The van der Waals surface area contributed by atoms with E-state index in [1.807, 2.05) is 0 Å². The lowest BCUT2D eigenvalue weighted by Crippen LogP contribution is -2.41. The Balaban J connectivity index is 1.70. The maximum Gasteiger partial charge on any atom is 0.0612 e. The van der Waals surface area contributed by atoms with E-state index in [0.29, 0.717) is 23.5 Å². The fourth-order valence-electron chi connectivity index (χ4n) is 2.71. The largest absolute Gasteiger partial charge is 0.378 e. The predicted octanol–water partition coefficient (Wildman–Crippen LogP) is 2.83. The summed E-state index contributed by atoms with van der Waals surface area (Å²) < 4.78 is 5.79. The molecule has 16 heavy (non-hydrogen) atoms. The number of hydrogen-bond donors (Lipinski definition) is 1. The molecule has 2 fully saturated rings. The van der Waals surface area contributed by atoms with Gasteiger partial charge in [0.25, 0.3) is 0 Å². The molecule has 3 unspecified atom stereocenters. The summed E-state index contributed by atoms with van der Waals surface area (Å²) in [7, 11) is 0. The lowest BCUT2D eigenvalue weighted by molar-refractivity contribution is -0.0244. The van der Waals surface area contributed by atoms with E-state index in [1.165, 1.54) is 25.8 Å². The van der Waals surface area contributed by atoms with Gasteiger partial charge in [-0.05, 0) is 43.1 Å². The maximum atomic E-state index is 5.79. The van der Waals surface area contributed by atoms with Gasteiger partial charge < -0.3 is 10.1 Å². The Morgan fingerprint density at radius 3 is 2.62 bits per heavy atom. The minimum atomic E-state index is 0.471. The van der Waals surface area contributed by atoms with Crippen LogP contribution in [0.3, 0.4) is 0 Å². The molecular weight excluding hydrogens is 198 g/mol. The summed E-state index contributed by atoms with van der Waals surface area (Å²) in [5.41, 5.74) is 0.607. The van der Waals surface area contributed by atoms with Crippen LogP contribution in [0.25, 0.3) is 0 Å². The number of ether oxygens (including phenoxy) is 1. The van der Waals surface area contributed by atoms with Crippen LogP contribution < -0.4 is 5.32 Å². The molecule has 2 nitrogen and oxygen atoms in total. The number of rotatable bonds is 4. The third kappa shape index (κ3) is 2.98. The average Bonchev–Trinajstić information content (AvgIpc) is 2.84. The van der Waals surface area contributed by atoms with E-state index in [1.54, 1.807) is 0 Å². The molecule has 0 radical (unpaired) electrons. The van der Waals surface area contributed by atoms with Gasteiger partial charge in [-0.2, -0.15) is 0 Å². The molecule has 0 aromatic heterocycles. The Morgan fingerprint density at radius 1 is 1.38 bits per heavy atom. The van der Waals surface area contributed by atoms with Crippen molar-refractivity contribution in [1.82, 2.24) is 5.32 Å². The molecule has 2 heteroatoms. The Bertz CT molecular complexity index is 237. The SMILES string of the molecule is CC(C)C1CC(NCC2CC2(C)C)CCO1. The summed E-state index contributed by atoms with van der Waals surface area (Å²) in [5, 5.41) is 3.74. The molecule has 0 amide bonds. The first-order valence-corrected chi connectivity index (χ1v) is 6.84. The number of hydrogen-bond acceptors (Lipinski definition) is 2. The number of nitrogens with one attached hydrogen (secondary N) is 1. The second-order valence-electron chi connectivity index (χ2n) is 6.67. The van der Waals surface area contributed by atoms with Crippen molar-refractivity contribution in [2.24, 2.45) is 17.3 Å². The van der Waals surface area contributed by atoms with Crippen LogP contribution in [-0.2, 0) is 4.74 Å². The van der Waals surface area contributed by atoms with Crippen molar-refractivity contribution in [3.05, 3.63) is 0 Å². The second-order valence-corrected chi connectivity index (χ2v) is 6.67. The normalized spacial score (nSPS) is 37.7. The Labute approximate surface area is 100 Å². The van der Waals surface area contributed by atoms with Crippen LogP contribution in [-0.4, -0.2) is 25.3 Å². The highest BCUT2D eigenvalue weighted by Crippen LogP contribution is 2.51. The molecule has 0 spiro atoms. The predicted molar refractivity (Wildman–Crippen MR) is 67.5 cm³/mol. The van der Waals surface area contributed by atoms with Gasteiger partial charge in [0.05, 0.1) is 6.10 Å². The van der Waals surface area contributed by atoms with Crippen molar-refractivity contribution in [2.45, 2.75) is 59.1 Å². The van der Waals surface area contributed by atoms with Crippen molar-refractivity contribution >= 4 is 0 Å². The fraction of sp³-hybridized carbons (Fsp3) is 1.00.